The second kappa shape index (κ2) is 20.8. The number of aliphatic hydroxyl groups is 2. The SMILES string of the molecule is CCCC(=O)N(C)C(CO)C(=O)N(C)[C@@H](CC(C)(C)O)C(=O)N[C@H](C(=O)N(C)[C@@H](CC(C)C)C(=O)N[C@@H](C)C(=O)N[C@H](C)C(=O)NC)C(C)C. The average Bonchev–Trinajstić information content (AvgIpc) is 3.02. The molecule has 0 aromatic carbocycles. The average molecular weight is 714 g/mol. The van der Waals surface area contributed by atoms with E-state index in [-0.39, 0.29) is 31.1 Å². The molecule has 0 aliphatic carbocycles. The van der Waals surface area contributed by atoms with Crippen LogP contribution in [0.2, 0.25) is 0 Å². The van der Waals surface area contributed by atoms with Crippen LogP contribution in [0.1, 0.15) is 88.0 Å². The number of nitrogens with one attached hydrogen (secondary N) is 4. The van der Waals surface area contributed by atoms with Crippen LogP contribution in [-0.2, 0) is 33.6 Å². The summed E-state index contributed by atoms with van der Waals surface area (Å²) in [7, 11) is 5.57. The lowest BCUT2D eigenvalue weighted by molar-refractivity contribution is -0.151. The van der Waals surface area contributed by atoms with Crippen molar-refractivity contribution in [1.29, 1.82) is 0 Å². The van der Waals surface area contributed by atoms with Crippen molar-refractivity contribution in [2.45, 2.75) is 130 Å². The smallest absolute Gasteiger partial charge is 0.248 e. The van der Waals surface area contributed by atoms with Gasteiger partial charge in [0.1, 0.15) is 36.3 Å². The zero-order valence-electron chi connectivity index (χ0n) is 32.2. The lowest BCUT2D eigenvalue weighted by Gasteiger charge is -2.37. The van der Waals surface area contributed by atoms with Crippen molar-refractivity contribution in [1.82, 2.24) is 36.0 Å². The summed E-state index contributed by atoms with van der Waals surface area (Å²) in [5, 5.41) is 31.0. The Hall–Kier alpha value is -3.79. The highest BCUT2D eigenvalue weighted by Crippen LogP contribution is 2.20. The fourth-order valence-electron chi connectivity index (χ4n) is 5.22. The number of likely N-dealkylation sites (N-methyl/N-ethyl adjacent to an activating group) is 4. The van der Waals surface area contributed by atoms with Gasteiger partial charge < -0.3 is 46.2 Å². The van der Waals surface area contributed by atoms with Gasteiger partial charge in [-0.25, -0.2) is 0 Å². The maximum absolute atomic E-state index is 14.0. The maximum Gasteiger partial charge on any atom is 0.248 e. The summed E-state index contributed by atoms with van der Waals surface area (Å²) in [5.74, 6) is -4.62. The highest BCUT2D eigenvalue weighted by molar-refractivity contribution is 5.97. The quantitative estimate of drug-likeness (QED) is 0.0945. The van der Waals surface area contributed by atoms with E-state index in [9.17, 15) is 43.8 Å². The molecule has 16 heteroatoms. The molecule has 288 valence electrons. The molecule has 0 saturated heterocycles. The number of carbonyl (C=O) groups excluding carboxylic acids is 7. The second-order valence-corrected chi connectivity index (χ2v) is 14.3. The van der Waals surface area contributed by atoms with Crippen LogP contribution in [0, 0.1) is 11.8 Å². The summed E-state index contributed by atoms with van der Waals surface area (Å²) in [5.41, 5.74) is -1.44. The van der Waals surface area contributed by atoms with E-state index in [0.29, 0.717) is 6.42 Å². The molecule has 1 unspecified atom stereocenters. The van der Waals surface area contributed by atoms with E-state index >= 15 is 0 Å². The Bertz CT molecular complexity index is 1190. The Kier molecular flexibility index (Phi) is 19.2. The monoisotopic (exact) mass is 713 g/mol. The zero-order chi connectivity index (χ0) is 39.3. The predicted molar refractivity (Wildman–Crippen MR) is 188 cm³/mol. The van der Waals surface area contributed by atoms with Gasteiger partial charge >= 0.3 is 0 Å². The molecule has 6 atom stereocenters. The van der Waals surface area contributed by atoms with Gasteiger partial charge in [0.15, 0.2) is 0 Å². The molecule has 0 radical (unpaired) electrons. The molecule has 0 aliphatic rings. The van der Waals surface area contributed by atoms with Crippen LogP contribution in [0.5, 0.6) is 0 Å². The third kappa shape index (κ3) is 14.2. The number of nitrogens with zero attached hydrogens (tertiary/aromatic N) is 3. The largest absolute Gasteiger partial charge is 0.394 e. The highest BCUT2D eigenvalue weighted by atomic mass is 16.3. The first-order valence-corrected chi connectivity index (χ1v) is 17.2. The summed E-state index contributed by atoms with van der Waals surface area (Å²) in [6, 6.07) is -6.67. The normalized spacial score (nSPS) is 15.1. The predicted octanol–water partition coefficient (Wildman–Crippen LogP) is -0.637. The Balaban J connectivity index is 6.33. The van der Waals surface area contributed by atoms with Crippen LogP contribution in [0.3, 0.4) is 0 Å². The summed E-state index contributed by atoms with van der Waals surface area (Å²) in [4.78, 5) is 95.5. The first kappa shape index (κ1) is 46.2. The summed E-state index contributed by atoms with van der Waals surface area (Å²) in [6.45, 7) is 14.1. The first-order valence-electron chi connectivity index (χ1n) is 17.2. The third-order valence-electron chi connectivity index (χ3n) is 8.39. The molecule has 0 aromatic rings. The molecule has 6 N–H and O–H groups in total. The molecule has 0 saturated carbocycles. The Labute approximate surface area is 297 Å². The topological polar surface area (TPSA) is 218 Å². The molecular weight excluding hydrogens is 650 g/mol. The van der Waals surface area contributed by atoms with E-state index in [4.69, 9.17) is 0 Å². The van der Waals surface area contributed by atoms with Crippen molar-refractivity contribution < 1.29 is 43.8 Å². The molecule has 0 bridgehead atoms. The lowest BCUT2D eigenvalue weighted by Crippen LogP contribution is -2.61. The number of hydrogen-bond acceptors (Lipinski definition) is 9. The second-order valence-electron chi connectivity index (χ2n) is 14.3. The van der Waals surface area contributed by atoms with Gasteiger partial charge in [0.05, 0.1) is 12.2 Å². The van der Waals surface area contributed by atoms with E-state index < -0.39 is 89.8 Å². The van der Waals surface area contributed by atoms with Crippen LogP contribution >= 0.6 is 0 Å². The molecule has 50 heavy (non-hydrogen) atoms. The number of aliphatic hydroxyl groups excluding tert-OH is 1. The van der Waals surface area contributed by atoms with Gasteiger partial charge in [-0.15, -0.1) is 0 Å². The van der Waals surface area contributed by atoms with Gasteiger partial charge in [-0.3, -0.25) is 33.6 Å². The molecule has 16 nitrogen and oxygen atoms in total. The van der Waals surface area contributed by atoms with Crippen LogP contribution in [0.15, 0.2) is 0 Å². The van der Waals surface area contributed by atoms with Crippen LogP contribution in [0.25, 0.3) is 0 Å². The van der Waals surface area contributed by atoms with Gasteiger partial charge in [0.2, 0.25) is 41.4 Å². The molecule has 0 heterocycles. The molecule has 0 fully saturated rings. The number of hydrogen-bond donors (Lipinski definition) is 6. The Morgan fingerprint density at radius 1 is 0.680 bits per heavy atom. The van der Waals surface area contributed by atoms with Crippen molar-refractivity contribution in [3.8, 4) is 0 Å². The molecule has 0 aliphatic heterocycles. The minimum atomic E-state index is -1.44. The van der Waals surface area contributed by atoms with Crippen molar-refractivity contribution in [3.05, 3.63) is 0 Å². The number of carbonyl (C=O) groups is 7. The molecular formula is C34H63N7O9. The Morgan fingerprint density at radius 3 is 1.60 bits per heavy atom. The Morgan fingerprint density at radius 2 is 1.16 bits per heavy atom. The van der Waals surface area contributed by atoms with Gasteiger partial charge in [-0.1, -0.05) is 34.6 Å². The van der Waals surface area contributed by atoms with Gasteiger partial charge in [0, 0.05) is 41.0 Å². The molecule has 0 spiro atoms. The fraction of sp³-hybridized carbons (Fsp3) is 0.794. The zero-order valence-corrected chi connectivity index (χ0v) is 32.2. The van der Waals surface area contributed by atoms with Crippen LogP contribution < -0.4 is 21.3 Å². The van der Waals surface area contributed by atoms with Crippen molar-refractivity contribution in [2.24, 2.45) is 11.8 Å². The number of rotatable bonds is 20. The van der Waals surface area contributed by atoms with E-state index in [2.05, 4.69) is 21.3 Å². The summed E-state index contributed by atoms with van der Waals surface area (Å²) < 4.78 is 0. The van der Waals surface area contributed by atoms with E-state index in [1.165, 1.54) is 60.8 Å². The summed E-state index contributed by atoms with van der Waals surface area (Å²) >= 11 is 0. The molecule has 0 rings (SSSR count). The molecule has 0 aromatic heterocycles. The fourth-order valence-corrected chi connectivity index (χ4v) is 5.22. The minimum Gasteiger partial charge on any atom is -0.394 e. The van der Waals surface area contributed by atoms with Gasteiger partial charge in [-0.05, 0) is 52.4 Å². The number of amides is 7. The highest BCUT2D eigenvalue weighted by Gasteiger charge is 2.40. The lowest BCUT2D eigenvalue weighted by atomic mass is 9.95. The standard InChI is InChI=1S/C34H63N7O9/c1-14-15-26(43)39(11)25(18-42)32(48)41(13)24(17-34(8,9)50)31(47)38-27(20(4)5)33(49)40(12)23(16-19(2)3)30(46)37-22(7)29(45)36-21(6)28(44)35-10/h19-25,27,42,50H,14-18H2,1-13H3,(H,35,44)(H,36,45)(H,37,46)(H,38,47)/t21-,22+,23+,24+,25?,27+/m1/s1. The van der Waals surface area contributed by atoms with Gasteiger partial charge in [0.25, 0.3) is 0 Å². The van der Waals surface area contributed by atoms with E-state index in [1.54, 1.807) is 20.8 Å². The van der Waals surface area contributed by atoms with Crippen molar-refractivity contribution in [3.63, 3.8) is 0 Å². The van der Waals surface area contributed by atoms with Crippen LogP contribution in [-0.4, -0.2) is 143 Å². The minimum absolute atomic E-state index is 0.0527. The summed E-state index contributed by atoms with van der Waals surface area (Å²) in [6.07, 6.45) is 0.668. The van der Waals surface area contributed by atoms with Crippen molar-refractivity contribution >= 4 is 41.4 Å². The third-order valence-corrected chi connectivity index (χ3v) is 8.39. The van der Waals surface area contributed by atoms with Gasteiger partial charge in [-0.2, -0.15) is 0 Å². The first-order chi connectivity index (χ1) is 22.9. The molecule has 7 amide bonds. The maximum atomic E-state index is 14.0. The van der Waals surface area contributed by atoms with E-state index in [1.807, 2.05) is 13.8 Å². The van der Waals surface area contributed by atoms with Crippen LogP contribution in [0.4, 0.5) is 0 Å². The van der Waals surface area contributed by atoms with E-state index in [0.717, 1.165) is 9.80 Å². The van der Waals surface area contributed by atoms with Crippen molar-refractivity contribution in [2.75, 3.05) is 34.8 Å².